The van der Waals surface area contributed by atoms with Gasteiger partial charge in [-0.2, -0.15) is 0 Å². The Labute approximate surface area is 180 Å². The SMILES string of the molecule is O=S(=O)(C=C1CN(C(c2ccc(Cl)cc2)c2ccc(Cl)cc2)C1)c1cccnc1. The molecular formula is C22H18Cl2N2O2S. The van der Waals surface area contributed by atoms with Crippen LogP contribution in [-0.2, 0) is 9.84 Å². The maximum absolute atomic E-state index is 12.6. The highest BCUT2D eigenvalue weighted by Crippen LogP contribution is 2.35. The van der Waals surface area contributed by atoms with Gasteiger partial charge in [0.15, 0.2) is 0 Å². The summed E-state index contributed by atoms with van der Waals surface area (Å²) in [5, 5.41) is 2.71. The van der Waals surface area contributed by atoms with Gasteiger partial charge in [-0.05, 0) is 53.1 Å². The number of likely N-dealkylation sites (tertiary alicyclic amines) is 1. The Morgan fingerprint density at radius 2 is 1.45 bits per heavy atom. The molecule has 148 valence electrons. The molecule has 4 nitrogen and oxygen atoms in total. The second-order valence-electron chi connectivity index (χ2n) is 6.92. The summed E-state index contributed by atoms with van der Waals surface area (Å²) in [7, 11) is -3.50. The van der Waals surface area contributed by atoms with E-state index in [0.29, 0.717) is 23.1 Å². The normalized spacial score (nSPS) is 14.7. The first-order chi connectivity index (χ1) is 13.9. The largest absolute Gasteiger partial charge is 0.284 e. The van der Waals surface area contributed by atoms with Gasteiger partial charge in [0.2, 0.25) is 9.84 Å². The lowest BCUT2D eigenvalue weighted by molar-refractivity contribution is 0.202. The fraction of sp³-hybridized carbons (Fsp3) is 0.136. The summed E-state index contributed by atoms with van der Waals surface area (Å²) in [5.74, 6) is 0. The van der Waals surface area contributed by atoms with Gasteiger partial charge in [-0.1, -0.05) is 47.5 Å². The molecule has 29 heavy (non-hydrogen) atoms. The van der Waals surface area contributed by atoms with Crippen molar-refractivity contribution < 1.29 is 8.42 Å². The van der Waals surface area contributed by atoms with E-state index in [0.717, 1.165) is 16.7 Å². The van der Waals surface area contributed by atoms with E-state index >= 15 is 0 Å². The molecule has 1 saturated heterocycles. The van der Waals surface area contributed by atoms with Crippen LogP contribution in [0.25, 0.3) is 0 Å². The topological polar surface area (TPSA) is 50.3 Å². The lowest BCUT2D eigenvalue weighted by Crippen LogP contribution is -2.43. The molecule has 0 amide bonds. The van der Waals surface area contributed by atoms with Gasteiger partial charge >= 0.3 is 0 Å². The second kappa shape index (κ2) is 8.28. The molecule has 0 unspecified atom stereocenters. The lowest BCUT2D eigenvalue weighted by Gasteiger charge is -2.41. The Hall–Kier alpha value is -2.18. The average Bonchev–Trinajstić information content (AvgIpc) is 2.69. The Kier molecular flexibility index (Phi) is 5.74. The van der Waals surface area contributed by atoms with Crippen LogP contribution in [0.15, 0.2) is 88.9 Å². The Bertz CT molecular complexity index is 1080. The predicted molar refractivity (Wildman–Crippen MR) is 116 cm³/mol. The standard InChI is InChI=1S/C22H18Cl2N2O2S/c23-19-7-3-17(4-8-19)22(18-5-9-20(24)10-6-18)26-13-16(14-26)15-29(27,28)21-2-1-11-25-12-21/h1-12,15,22H,13-14H2. The number of sulfone groups is 1. The number of rotatable bonds is 5. The third-order valence-corrected chi connectivity index (χ3v) is 6.88. The highest BCUT2D eigenvalue weighted by molar-refractivity contribution is 7.94. The minimum absolute atomic E-state index is 0.0113. The van der Waals surface area contributed by atoms with Crippen LogP contribution in [0.2, 0.25) is 10.0 Å². The predicted octanol–water partition coefficient (Wildman–Crippen LogP) is 5.15. The molecule has 0 radical (unpaired) electrons. The van der Waals surface area contributed by atoms with E-state index in [1.54, 1.807) is 18.3 Å². The third kappa shape index (κ3) is 4.54. The Morgan fingerprint density at radius 1 is 0.897 bits per heavy atom. The summed E-state index contributed by atoms with van der Waals surface area (Å²) in [6, 6.07) is 18.6. The van der Waals surface area contributed by atoms with Crippen LogP contribution in [-0.4, -0.2) is 31.4 Å². The summed E-state index contributed by atoms with van der Waals surface area (Å²) in [4.78, 5) is 6.32. The molecule has 2 heterocycles. The molecule has 1 aliphatic rings. The zero-order valence-electron chi connectivity index (χ0n) is 15.4. The van der Waals surface area contributed by atoms with Crippen molar-refractivity contribution in [3.8, 4) is 0 Å². The van der Waals surface area contributed by atoms with Crippen LogP contribution in [0.5, 0.6) is 0 Å². The number of nitrogens with zero attached hydrogens (tertiary/aromatic N) is 2. The minimum Gasteiger partial charge on any atom is -0.284 e. The van der Waals surface area contributed by atoms with Crippen LogP contribution in [0, 0.1) is 0 Å². The summed E-state index contributed by atoms with van der Waals surface area (Å²) in [6.07, 6.45) is 2.92. The fourth-order valence-corrected chi connectivity index (χ4v) is 4.89. The minimum atomic E-state index is -3.50. The van der Waals surface area contributed by atoms with E-state index in [4.69, 9.17) is 23.2 Å². The summed E-state index contributed by atoms with van der Waals surface area (Å²) in [6.45, 7) is 1.13. The number of pyridine rings is 1. The quantitative estimate of drug-likeness (QED) is 0.545. The van der Waals surface area contributed by atoms with Gasteiger partial charge in [-0.25, -0.2) is 8.42 Å². The molecule has 2 aromatic carbocycles. The van der Waals surface area contributed by atoms with E-state index < -0.39 is 9.84 Å². The van der Waals surface area contributed by atoms with Gasteiger partial charge in [0, 0.05) is 40.9 Å². The van der Waals surface area contributed by atoms with Gasteiger partial charge in [-0.3, -0.25) is 9.88 Å². The van der Waals surface area contributed by atoms with Crippen LogP contribution in [0.4, 0.5) is 0 Å². The second-order valence-corrected chi connectivity index (χ2v) is 9.59. The molecule has 0 spiro atoms. The number of hydrogen-bond acceptors (Lipinski definition) is 4. The van der Waals surface area contributed by atoms with Crippen molar-refractivity contribution in [1.82, 2.24) is 9.88 Å². The maximum Gasteiger partial charge on any atom is 0.201 e. The van der Waals surface area contributed by atoms with Crippen LogP contribution in [0.1, 0.15) is 17.2 Å². The van der Waals surface area contributed by atoms with Gasteiger partial charge < -0.3 is 0 Å². The molecule has 1 aromatic heterocycles. The highest BCUT2D eigenvalue weighted by atomic mass is 35.5. The first-order valence-electron chi connectivity index (χ1n) is 9.02. The molecule has 7 heteroatoms. The van der Waals surface area contributed by atoms with Crippen molar-refractivity contribution in [1.29, 1.82) is 0 Å². The number of halogens is 2. The molecule has 0 aliphatic carbocycles. The maximum atomic E-state index is 12.6. The highest BCUT2D eigenvalue weighted by Gasteiger charge is 2.31. The van der Waals surface area contributed by atoms with Crippen molar-refractivity contribution in [2.45, 2.75) is 10.9 Å². The van der Waals surface area contributed by atoms with E-state index in [1.807, 2.05) is 48.5 Å². The van der Waals surface area contributed by atoms with Gasteiger partial charge in [0.1, 0.15) is 0 Å². The van der Waals surface area contributed by atoms with Crippen LogP contribution in [0.3, 0.4) is 0 Å². The molecule has 1 fully saturated rings. The smallest absolute Gasteiger partial charge is 0.201 e. The monoisotopic (exact) mass is 444 g/mol. The molecular weight excluding hydrogens is 427 g/mol. The fourth-order valence-electron chi connectivity index (χ4n) is 3.44. The van der Waals surface area contributed by atoms with Gasteiger partial charge in [0.05, 0.1) is 10.9 Å². The van der Waals surface area contributed by atoms with Gasteiger partial charge in [-0.15, -0.1) is 0 Å². The average molecular weight is 445 g/mol. The molecule has 0 N–H and O–H groups in total. The Balaban J connectivity index is 1.59. The van der Waals surface area contributed by atoms with Crippen molar-refractivity contribution in [3.63, 3.8) is 0 Å². The molecule has 0 atom stereocenters. The van der Waals surface area contributed by atoms with E-state index in [2.05, 4.69) is 9.88 Å². The molecule has 4 rings (SSSR count). The number of aromatic nitrogens is 1. The van der Waals surface area contributed by atoms with Crippen molar-refractivity contribution in [2.75, 3.05) is 13.1 Å². The zero-order valence-corrected chi connectivity index (χ0v) is 17.7. The van der Waals surface area contributed by atoms with E-state index in [9.17, 15) is 8.42 Å². The molecule has 0 bridgehead atoms. The van der Waals surface area contributed by atoms with Crippen LogP contribution >= 0.6 is 23.2 Å². The van der Waals surface area contributed by atoms with E-state index in [1.165, 1.54) is 11.6 Å². The third-order valence-electron chi connectivity index (χ3n) is 4.83. The summed E-state index contributed by atoms with van der Waals surface area (Å²) in [5.41, 5.74) is 3.04. The van der Waals surface area contributed by atoms with E-state index in [-0.39, 0.29) is 10.9 Å². The molecule has 0 saturated carbocycles. The first-order valence-corrected chi connectivity index (χ1v) is 11.3. The van der Waals surface area contributed by atoms with Crippen LogP contribution < -0.4 is 0 Å². The lowest BCUT2D eigenvalue weighted by atomic mass is 9.93. The van der Waals surface area contributed by atoms with Crippen molar-refractivity contribution >= 4 is 33.0 Å². The zero-order chi connectivity index (χ0) is 20.4. The molecule has 3 aromatic rings. The summed E-state index contributed by atoms with van der Waals surface area (Å²) < 4.78 is 25.1. The number of hydrogen-bond donors (Lipinski definition) is 0. The Morgan fingerprint density at radius 3 is 1.93 bits per heavy atom. The number of benzene rings is 2. The van der Waals surface area contributed by atoms with Gasteiger partial charge in [0.25, 0.3) is 0 Å². The first kappa shape index (κ1) is 20.1. The van der Waals surface area contributed by atoms with Crippen molar-refractivity contribution in [2.24, 2.45) is 0 Å². The summed E-state index contributed by atoms with van der Waals surface area (Å²) >= 11 is 12.1. The van der Waals surface area contributed by atoms with Crippen molar-refractivity contribution in [3.05, 3.63) is 105 Å². The molecule has 1 aliphatic heterocycles.